The average molecular weight is 309 g/mol. The van der Waals surface area contributed by atoms with E-state index >= 15 is 0 Å². The van der Waals surface area contributed by atoms with E-state index in [1.54, 1.807) is 6.20 Å². The molecule has 1 N–H and O–H groups in total. The summed E-state index contributed by atoms with van der Waals surface area (Å²) in [4.78, 5) is 4.25. The minimum atomic E-state index is -0.317. The van der Waals surface area contributed by atoms with Gasteiger partial charge in [-0.3, -0.25) is 5.10 Å². The highest BCUT2D eigenvalue weighted by Gasteiger charge is 2.39. The highest BCUT2D eigenvalue weighted by atomic mass is 35.5. The van der Waals surface area contributed by atoms with E-state index in [9.17, 15) is 5.26 Å². The number of nitriles is 1. The Morgan fingerprint density at radius 3 is 2.86 bits per heavy atom. The van der Waals surface area contributed by atoms with Crippen LogP contribution in [0, 0.1) is 11.3 Å². The Morgan fingerprint density at radius 1 is 1.27 bits per heavy atom. The Labute approximate surface area is 132 Å². The van der Waals surface area contributed by atoms with Crippen molar-refractivity contribution in [1.29, 1.82) is 5.26 Å². The fraction of sp³-hybridized carbons (Fsp3) is 0.235. The van der Waals surface area contributed by atoms with Gasteiger partial charge in [0.25, 0.3) is 0 Å². The van der Waals surface area contributed by atoms with Crippen LogP contribution in [0.4, 0.5) is 0 Å². The van der Waals surface area contributed by atoms with Crippen LogP contribution in [0.3, 0.4) is 0 Å². The Balaban J connectivity index is 1.90. The first kappa shape index (κ1) is 13.3. The van der Waals surface area contributed by atoms with E-state index < -0.39 is 0 Å². The van der Waals surface area contributed by atoms with Gasteiger partial charge in [0.1, 0.15) is 0 Å². The molecule has 0 spiro atoms. The van der Waals surface area contributed by atoms with E-state index in [-0.39, 0.29) is 5.41 Å². The SMILES string of the molecule is N#CC1(c2cccc(-c3ccnc4[nH]nc(Cl)c34)c2)CCC1. The molecule has 3 aromatic rings. The topological polar surface area (TPSA) is 65.4 Å². The molecule has 1 aliphatic rings. The summed E-state index contributed by atoms with van der Waals surface area (Å²) in [5, 5.41) is 17.6. The lowest BCUT2D eigenvalue weighted by Crippen LogP contribution is -2.32. The molecule has 0 aliphatic heterocycles. The molecule has 5 heteroatoms. The normalized spacial score (nSPS) is 16.2. The number of rotatable bonds is 2. The van der Waals surface area contributed by atoms with Crippen molar-refractivity contribution < 1.29 is 0 Å². The number of pyridine rings is 1. The lowest BCUT2D eigenvalue weighted by Gasteiger charge is -2.35. The highest BCUT2D eigenvalue weighted by molar-refractivity contribution is 6.35. The lowest BCUT2D eigenvalue weighted by molar-refractivity contribution is 0.324. The van der Waals surface area contributed by atoms with Gasteiger partial charge in [-0.1, -0.05) is 29.8 Å². The quantitative estimate of drug-likeness (QED) is 0.770. The summed E-state index contributed by atoms with van der Waals surface area (Å²) < 4.78 is 0. The maximum absolute atomic E-state index is 9.54. The van der Waals surface area contributed by atoms with Gasteiger partial charge in [0.2, 0.25) is 0 Å². The van der Waals surface area contributed by atoms with Gasteiger partial charge in [-0.05, 0) is 48.1 Å². The predicted molar refractivity (Wildman–Crippen MR) is 85.5 cm³/mol. The summed E-state index contributed by atoms with van der Waals surface area (Å²) in [6.07, 6.45) is 4.73. The van der Waals surface area contributed by atoms with Gasteiger partial charge in [0.15, 0.2) is 10.8 Å². The Hall–Kier alpha value is -2.38. The van der Waals surface area contributed by atoms with Crippen molar-refractivity contribution >= 4 is 22.6 Å². The molecule has 108 valence electrons. The third kappa shape index (κ3) is 1.83. The monoisotopic (exact) mass is 308 g/mol. The summed E-state index contributed by atoms with van der Waals surface area (Å²) in [5.41, 5.74) is 3.46. The Bertz CT molecular complexity index is 902. The molecule has 2 aromatic heterocycles. The zero-order valence-electron chi connectivity index (χ0n) is 11.8. The fourth-order valence-electron chi connectivity index (χ4n) is 3.13. The van der Waals surface area contributed by atoms with Gasteiger partial charge in [0.05, 0.1) is 16.9 Å². The smallest absolute Gasteiger partial charge is 0.160 e. The molecule has 4 nitrogen and oxygen atoms in total. The average Bonchev–Trinajstić information content (AvgIpc) is 2.89. The Morgan fingerprint density at radius 2 is 2.14 bits per heavy atom. The van der Waals surface area contributed by atoms with Crippen molar-refractivity contribution in [3.63, 3.8) is 0 Å². The summed E-state index contributed by atoms with van der Waals surface area (Å²) in [6.45, 7) is 0. The van der Waals surface area contributed by atoms with Crippen LogP contribution in [-0.4, -0.2) is 15.2 Å². The van der Waals surface area contributed by atoms with Crippen molar-refractivity contribution in [3.8, 4) is 17.2 Å². The van der Waals surface area contributed by atoms with Gasteiger partial charge in [-0.15, -0.1) is 0 Å². The van der Waals surface area contributed by atoms with Gasteiger partial charge >= 0.3 is 0 Å². The van der Waals surface area contributed by atoms with Crippen molar-refractivity contribution in [2.24, 2.45) is 0 Å². The first-order chi connectivity index (χ1) is 10.7. The van der Waals surface area contributed by atoms with E-state index in [2.05, 4.69) is 27.3 Å². The van der Waals surface area contributed by atoms with Crippen LogP contribution in [0.5, 0.6) is 0 Å². The van der Waals surface area contributed by atoms with Crippen LogP contribution in [0.15, 0.2) is 36.5 Å². The predicted octanol–water partition coefficient (Wildman–Crippen LogP) is 4.22. The van der Waals surface area contributed by atoms with Crippen molar-refractivity contribution in [3.05, 3.63) is 47.2 Å². The molecule has 0 bridgehead atoms. The van der Waals surface area contributed by atoms with E-state index in [0.717, 1.165) is 41.3 Å². The minimum absolute atomic E-state index is 0.317. The van der Waals surface area contributed by atoms with E-state index in [0.29, 0.717) is 10.8 Å². The molecule has 1 saturated carbocycles. The fourth-order valence-corrected chi connectivity index (χ4v) is 3.37. The third-order valence-corrected chi connectivity index (χ3v) is 4.84. The van der Waals surface area contributed by atoms with Crippen LogP contribution in [0.1, 0.15) is 24.8 Å². The van der Waals surface area contributed by atoms with Crippen molar-refractivity contribution in [2.45, 2.75) is 24.7 Å². The number of hydrogen-bond donors (Lipinski definition) is 1. The molecular formula is C17H13ClN4. The molecule has 2 heterocycles. The summed E-state index contributed by atoms with van der Waals surface area (Å²) in [6, 6.07) is 12.6. The molecule has 22 heavy (non-hydrogen) atoms. The van der Waals surface area contributed by atoms with Crippen molar-refractivity contribution in [1.82, 2.24) is 15.2 Å². The number of nitrogens with one attached hydrogen (secondary N) is 1. The molecule has 1 aromatic carbocycles. The maximum Gasteiger partial charge on any atom is 0.160 e. The van der Waals surface area contributed by atoms with E-state index in [1.807, 2.05) is 24.3 Å². The summed E-state index contributed by atoms with van der Waals surface area (Å²) in [5.74, 6) is 0. The molecule has 1 aliphatic carbocycles. The second-order valence-corrected chi connectivity index (χ2v) is 6.08. The highest BCUT2D eigenvalue weighted by Crippen LogP contribution is 2.44. The maximum atomic E-state index is 9.54. The Kier molecular flexibility index (Phi) is 2.91. The van der Waals surface area contributed by atoms with E-state index in [4.69, 9.17) is 11.6 Å². The third-order valence-electron chi connectivity index (χ3n) is 4.56. The van der Waals surface area contributed by atoms with Gasteiger partial charge in [-0.25, -0.2) is 4.98 Å². The second-order valence-electron chi connectivity index (χ2n) is 5.72. The molecule has 4 rings (SSSR count). The molecule has 0 atom stereocenters. The number of aromatic nitrogens is 3. The van der Waals surface area contributed by atoms with Crippen LogP contribution in [0.25, 0.3) is 22.2 Å². The minimum Gasteiger partial charge on any atom is -0.259 e. The molecule has 0 radical (unpaired) electrons. The summed E-state index contributed by atoms with van der Waals surface area (Å²) in [7, 11) is 0. The van der Waals surface area contributed by atoms with Gasteiger partial charge in [0, 0.05) is 6.20 Å². The molecular weight excluding hydrogens is 296 g/mol. The van der Waals surface area contributed by atoms with Crippen LogP contribution < -0.4 is 0 Å². The molecule has 0 saturated heterocycles. The number of nitrogens with zero attached hydrogens (tertiary/aromatic N) is 3. The number of halogens is 1. The second kappa shape index (κ2) is 4.82. The first-order valence-corrected chi connectivity index (χ1v) is 7.62. The molecule has 1 fully saturated rings. The summed E-state index contributed by atoms with van der Waals surface area (Å²) >= 11 is 6.19. The zero-order chi connectivity index (χ0) is 15.2. The molecule has 0 amide bonds. The first-order valence-electron chi connectivity index (χ1n) is 7.24. The number of hydrogen-bond acceptors (Lipinski definition) is 3. The van der Waals surface area contributed by atoms with E-state index in [1.165, 1.54) is 0 Å². The van der Waals surface area contributed by atoms with Crippen molar-refractivity contribution in [2.75, 3.05) is 0 Å². The van der Waals surface area contributed by atoms with Gasteiger partial charge < -0.3 is 0 Å². The number of aromatic amines is 1. The number of fused-ring (bicyclic) bond motifs is 1. The molecule has 0 unspecified atom stereocenters. The van der Waals surface area contributed by atoms with Gasteiger partial charge in [-0.2, -0.15) is 10.4 Å². The standard InChI is InChI=1S/C17H13ClN4/c18-15-14-13(5-8-20-16(14)22-21-15)11-3-1-4-12(9-11)17(10-19)6-2-7-17/h1,3-5,8-9H,2,6-7H2,(H,20,21,22). The van der Waals surface area contributed by atoms with Crippen LogP contribution in [-0.2, 0) is 5.41 Å². The zero-order valence-corrected chi connectivity index (χ0v) is 12.6. The number of benzene rings is 1. The van der Waals surface area contributed by atoms with Crippen LogP contribution >= 0.6 is 11.6 Å². The largest absolute Gasteiger partial charge is 0.259 e. The number of H-pyrrole nitrogens is 1. The van der Waals surface area contributed by atoms with Crippen LogP contribution in [0.2, 0.25) is 5.15 Å². The lowest BCUT2D eigenvalue weighted by atomic mass is 9.65.